The number of thioether (sulfide) groups is 1. The highest BCUT2D eigenvalue weighted by molar-refractivity contribution is 8.00. The normalized spacial score (nSPS) is 24.6. The Morgan fingerprint density at radius 1 is 1.44 bits per heavy atom. The monoisotopic (exact) mass is 245 g/mol. The third-order valence-electron chi connectivity index (χ3n) is 2.83. The van der Waals surface area contributed by atoms with Gasteiger partial charge in [0.1, 0.15) is 0 Å². The lowest BCUT2D eigenvalue weighted by Crippen LogP contribution is -2.35. The minimum absolute atomic E-state index is 0.0753. The molecule has 3 nitrogen and oxygen atoms in total. The molecule has 0 radical (unpaired) electrons. The summed E-state index contributed by atoms with van der Waals surface area (Å²) in [7, 11) is 0. The van der Waals surface area contributed by atoms with E-state index in [1.165, 1.54) is 25.7 Å². The van der Waals surface area contributed by atoms with Crippen molar-refractivity contribution in [1.29, 1.82) is 0 Å². The SMILES string of the molecule is CCCNC1CCCC1SCC(=O)OCC. The van der Waals surface area contributed by atoms with Crippen molar-refractivity contribution >= 4 is 17.7 Å². The summed E-state index contributed by atoms with van der Waals surface area (Å²) in [6.07, 6.45) is 4.93. The number of hydrogen-bond acceptors (Lipinski definition) is 4. The zero-order chi connectivity index (χ0) is 11.8. The molecule has 1 rings (SSSR count). The molecule has 1 saturated carbocycles. The van der Waals surface area contributed by atoms with Crippen molar-refractivity contribution in [3.63, 3.8) is 0 Å². The number of rotatable bonds is 7. The smallest absolute Gasteiger partial charge is 0.315 e. The van der Waals surface area contributed by atoms with Crippen LogP contribution in [0.1, 0.15) is 39.5 Å². The minimum Gasteiger partial charge on any atom is -0.465 e. The van der Waals surface area contributed by atoms with Crippen LogP contribution in [-0.4, -0.2) is 36.2 Å². The summed E-state index contributed by atoms with van der Waals surface area (Å²) in [4.78, 5) is 11.3. The van der Waals surface area contributed by atoms with Gasteiger partial charge in [0.15, 0.2) is 0 Å². The molecule has 0 aromatic rings. The fourth-order valence-corrected chi connectivity index (χ4v) is 3.30. The lowest BCUT2D eigenvalue weighted by atomic mass is 10.2. The fourth-order valence-electron chi connectivity index (χ4n) is 2.07. The minimum atomic E-state index is -0.0753. The van der Waals surface area contributed by atoms with Crippen molar-refractivity contribution in [3.8, 4) is 0 Å². The maximum Gasteiger partial charge on any atom is 0.315 e. The standard InChI is InChI=1S/C12H23NO2S/c1-3-8-13-10-6-5-7-11(10)16-9-12(14)15-4-2/h10-11,13H,3-9H2,1-2H3. The Kier molecular flexibility index (Phi) is 6.88. The van der Waals surface area contributed by atoms with E-state index in [4.69, 9.17) is 4.74 Å². The molecule has 0 amide bonds. The van der Waals surface area contributed by atoms with Gasteiger partial charge in [-0.25, -0.2) is 0 Å². The summed E-state index contributed by atoms with van der Waals surface area (Å²) in [6.45, 7) is 5.61. The molecular formula is C12H23NO2S. The van der Waals surface area contributed by atoms with E-state index in [0.29, 0.717) is 23.7 Å². The molecule has 16 heavy (non-hydrogen) atoms. The van der Waals surface area contributed by atoms with Gasteiger partial charge in [0.25, 0.3) is 0 Å². The van der Waals surface area contributed by atoms with Crippen LogP contribution >= 0.6 is 11.8 Å². The molecule has 1 fully saturated rings. The van der Waals surface area contributed by atoms with Crippen molar-refractivity contribution in [2.75, 3.05) is 18.9 Å². The number of esters is 1. The van der Waals surface area contributed by atoms with Gasteiger partial charge in [0, 0.05) is 11.3 Å². The van der Waals surface area contributed by atoms with Crippen molar-refractivity contribution in [3.05, 3.63) is 0 Å². The van der Waals surface area contributed by atoms with Crippen molar-refractivity contribution in [2.24, 2.45) is 0 Å². The molecule has 0 aliphatic heterocycles. The highest BCUT2D eigenvalue weighted by Crippen LogP contribution is 2.30. The molecule has 1 aliphatic carbocycles. The summed E-state index contributed by atoms with van der Waals surface area (Å²) >= 11 is 1.75. The third kappa shape index (κ3) is 4.74. The van der Waals surface area contributed by atoms with E-state index in [-0.39, 0.29) is 5.97 Å². The van der Waals surface area contributed by atoms with Gasteiger partial charge in [-0.3, -0.25) is 4.79 Å². The molecule has 0 spiro atoms. The molecule has 4 heteroatoms. The lowest BCUT2D eigenvalue weighted by Gasteiger charge is -2.19. The van der Waals surface area contributed by atoms with Crippen LogP contribution in [0.25, 0.3) is 0 Å². The van der Waals surface area contributed by atoms with Gasteiger partial charge in [-0.2, -0.15) is 0 Å². The van der Waals surface area contributed by atoms with Gasteiger partial charge in [-0.05, 0) is 32.7 Å². The average molecular weight is 245 g/mol. The largest absolute Gasteiger partial charge is 0.465 e. The Morgan fingerprint density at radius 3 is 2.94 bits per heavy atom. The molecule has 1 aliphatic rings. The average Bonchev–Trinajstić information content (AvgIpc) is 2.71. The first-order valence-electron chi connectivity index (χ1n) is 6.28. The van der Waals surface area contributed by atoms with Crippen molar-refractivity contribution in [2.45, 2.75) is 50.8 Å². The second-order valence-corrected chi connectivity index (χ2v) is 5.37. The zero-order valence-electron chi connectivity index (χ0n) is 10.3. The van der Waals surface area contributed by atoms with Crippen LogP contribution in [0.15, 0.2) is 0 Å². The predicted octanol–water partition coefficient (Wildman–Crippen LogP) is 2.20. The molecule has 2 atom stereocenters. The van der Waals surface area contributed by atoms with E-state index in [2.05, 4.69) is 12.2 Å². The van der Waals surface area contributed by atoms with Crippen molar-refractivity contribution < 1.29 is 9.53 Å². The van der Waals surface area contributed by atoms with Gasteiger partial charge in [0.05, 0.1) is 12.4 Å². The summed E-state index contributed by atoms with van der Waals surface area (Å²) in [5.41, 5.74) is 0. The third-order valence-corrected chi connectivity index (χ3v) is 4.22. The maximum atomic E-state index is 11.3. The number of carbonyl (C=O) groups excluding carboxylic acids is 1. The summed E-state index contributed by atoms with van der Waals surface area (Å²) in [5.74, 6) is 0.427. The molecule has 1 N–H and O–H groups in total. The molecule has 0 aromatic carbocycles. The van der Waals surface area contributed by atoms with E-state index in [9.17, 15) is 4.79 Å². The van der Waals surface area contributed by atoms with Crippen molar-refractivity contribution in [1.82, 2.24) is 5.32 Å². The molecule has 0 heterocycles. The second-order valence-electron chi connectivity index (χ2n) is 4.15. The van der Waals surface area contributed by atoms with Crippen LogP contribution in [0.4, 0.5) is 0 Å². The number of carbonyl (C=O) groups is 1. The Labute approximate surface area is 103 Å². The Balaban J connectivity index is 2.21. The fraction of sp³-hybridized carbons (Fsp3) is 0.917. The van der Waals surface area contributed by atoms with Gasteiger partial charge in [0.2, 0.25) is 0 Å². The van der Waals surface area contributed by atoms with Crippen LogP contribution in [0.5, 0.6) is 0 Å². The van der Waals surface area contributed by atoms with E-state index in [0.717, 1.165) is 6.54 Å². The summed E-state index contributed by atoms with van der Waals surface area (Å²) in [5, 5.41) is 4.16. The topological polar surface area (TPSA) is 38.3 Å². The molecular weight excluding hydrogens is 222 g/mol. The Hall–Kier alpha value is -0.220. The van der Waals surface area contributed by atoms with Gasteiger partial charge in [-0.15, -0.1) is 11.8 Å². The second kappa shape index (κ2) is 7.96. The van der Waals surface area contributed by atoms with Crippen LogP contribution in [0.3, 0.4) is 0 Å². The van der Waals surface area contributed by atoms with Gasteiger partial charge in [-0.1, -0.05) is 13.3 Å². The van der Waals surface area contributed by atoms with Crippen LogP contribution in [0, 0.1) is 0 Å². The summed E-state index contributed by atoms with van der Waals surface area (Å²) < 4.78 is 4.94. The Bertz CT molecular complexity index is 211. The molecule has 94 valence electrons. The molecule has 0 aromatic heterocycles. The maximum absolute atomic E-state index is 11.3. The van der Waals surface area contributed by atoms with Crippen LogP contribution in [0.2, 0.25) is 0 Å². The lowest BCUT2D eigenvalue weighted by molar-refractivity contribution is -0.139. The zero-order valence-corrected chi connectivity index (χ0v) is 11.1. The highest BCUT2D eigenvalue weighted by Gasteiger charge is 2.27. The van der Waals surface area contributed by atoms with Gasteiger partial charge < -0.3 is 10.1 Å². The number of ether oxygens (including phenoxy) is 1. The van der Waals surface area contributed by atoms with Crippen LogP contribution < -0.4 is 5.32 Å². The van der Waals surface area contributed by atoms with E-state index < -0.39 is 0 Å². The first kappa shape index (κ1) is 13.8. The van der Waals surface area contributed by atoms with E-state index in [1.54, 1.807) is 11.8 Å². The quantitative estimate of drug-likeness (QED) is 0.698. The van der Waals surface area contributed by atoms with Gasteiger partial charge >= 0.3 is 5.97 Å². The molecule has 2 unspecified atom stereocenters. The molecule has 0 bridgehead atoms. The number of nitrogens with one attached hydrogen (secondary N) is 1. The molecule has 0 saturated heterocycles. The first-order valence-corrected chi connectivity index (χ1v) is 7.33. The first-order chi connectivity index (χ1) is 7.77. The summed E-state index contributed by atoms with van der Waals surface area (Å²) in [6, 6.07) is 0.597. The van der Waals surface area contributed by atoms with Crippen LogP contribution in [-0.2, 0) is 9.53 Å². The number of hydrogen-bond donors (Lipinski definition) is 1. The van der Waals surface area contributed by atoms with E-state index >= 15 is 0 Å². The Morgan fingerprint density at radius 2 is 2.25 bits per heavy atom. The highest BCUT2D eigenvalue weighted by atomic mass is 32.2. The van der Waals surface area contributed by atoms with E-state index in [1.807, 2.05) is 6.92 Å². The predicted molar refractivity (Wildman–Crippen MR) is 68.8 cm³/mol.